The smallest absolute Gasteiger partial charge is 0.352 e. The molecule has 0 bridgehead atoms. The average Bonchev–Trinajstić information content (AvgIpc) is 3.67. The van der Waals surface area contributed by atoms with E-state index in [1.807, 2.05) is 0 Å². The molecule has 1 aliphatic heterocycles. The monoisotopic (exact) mass is 488 g/mol. The van der Waals surface area contributed by atoms with E-state index < -0.39 is 29.2 Å². The molecule has 2 fully saturated rings. The number of hydrogen-bond acceptors (Lipinski definition) is 4. The first-order chi connectivity index (χ1) is 16.8. The molecule has 2 aliphatic rings. The highest BCUT2D eigenvalue weighted by atomic mass is 19.4. The fourth-order valence-electron chi connectivity index (χ4n) is 4.14. The number of rotatable bonds is 8. The molecule has 7 nitrogen and oxygen atoms in total. The van der Waals surface area contributed by atoms with Crippen LogP contribution in [0.2, 0.25) is 0 Å². The van der Waals surface area contributed by atoms with Crippen LogP contribution in [-0.2, 0) is 6.18 Å². The van der Waals surface area contributed by atoms with Crippen LogP contribution in [0.4, 0.5) is 23.8 Å². The van der Waals surface area contributed by atoms with Gasteiger partial charge in [0.1, 0.15) is 5.82 Å². The minimum Gasteiger partial charge on any atom is -0.352 e. The van der Waals surface area contributed by atoms with Gasteiger partial charge in [-0.05, 0) is 43.0 Å². The number of carbonyl (C=O) groups excluding carboxylic acids is 3. The normalized spacial score (nSPS) is 16.4. The first-order valence-electron chi connectivity index (χ1n) is 11.8. The third-order valence-electron chi connectivity index (χ3n) is 6.24. The van der Waals surface area contributed by atoms with Gasteiger partial charge in [-0.3, -0.25) is 19.4 Å². The van der Waals surface area contributed by atoms with Gasteiger partial charge >= 0.3 is 12.2 Å². The molecule has 1 aromatic carbocycles. The minimum atomic E-state index is -4.72. The van der Waals surface area contributed by atoms with Gasteiger partial charge in [-0.1, -0.05) is 37.8 Å². The molecular weight excluding hydrogens is 461 g/mol. The van der Waals surface area contributed by atoms with Crippen molar-refractivity contribution in [2.75, 3.05) is 24.5 Å². The first kappa shape index (κ1) is 24.7. The molecule has 4 rings (SSSR count). The van der Waals surface area contributed by atoms with Crippen LogP contribution in [0.25, 0.3) is 0 Å². The quantitative estimate of drug-likeness (QED) is 0.537. The Bertz CT molecular complexity index is 1080. The number of nitrogens with one attached hydrogen (secondary N) is 1. The molecule has 0 radical (unpaired) electrons. The van der Waals surface area contributed by atoms with Crippen molar-refractivity contribution in [2.24, 2.45) is 5.92 Å². The molecule has 186 valence electrons. The SMILES string of the molecule is O=C(NCCCCC1CC1)c1ccc(N2CCCN(C(=O)c3ccccc3C(F)(F)F)C2=O)nc1. The number of nitrogens with zero attached hydrogens (tertiary/aromatic N) is 3. The van der Waals surface area contributed by atoms with E-state index in [0.29, 0.717) is 18.5 Å². The van der Waals surface area contributed by atoms with Crippen LogP contribution in [0.3, 0.4) is 0 Å². The Labute approximate surface area is 201 Å². The molecule has 1 saturated heterocycles. The van der Waals surface area contributed by atoms with Gasteiger partial charge in [-0.15, -0.1) is 0 Å². The van der Waals surface area contributed by atoms with Crippen molar-refractivity contribution in [1.82, 2.24) is 15.2 Å². The second-order valence-electron chi connectivity index (χ2n) is 8.89. The summed E-state index contributed by atoms with van der Waals surface area (Å²) >= 11 is 0. The van der Waals surface area contributed by atoms with Crippen LogP contribution in [0.5, 0.6) is 0 Å². The van der Waals surface area contributed by atoms with Crippen LogP contribution in [0.1, 0.15) is 64.8 Å². The highest BCUT2D eigenvalue weighted by Crippen LogP contribution is 2.34. The predicted octanol–water partition coefficient (Wildman–Crippen LogP) is 4.88. The zero-order valence-corrected chi connectivity index (χ0v) is 19.2. The second kappa shape index (κ2) is 10.5. The highest BCUT2D eigenvalue weighted by molar-refractivity contribution is 6.09. The third kappa shape index (κ3) is 5.98. The molecule has 35 heavy (non-hydrogen) atoms. The third-order valence-corrected chi connectivity index (χ3v) is 6.24. The number of pyridine rings is 1. The lowest BCUT2D eigenvalue weighted by Crippen LogP contribution is -2.52. The molecule has 4 amide bonds. The molecular formula is C25H27F3N4O3. The number of anilines is 1. The van der Waals surface area contributed by atoms with Crippen molar-refractivity contribution < 1.29 is 27.6 Å². The van der Waals surface area contributed by atoms with E-state index >= 15 is 0 Å². The predicted molar refractivity (Wildman–Crippen MR) is 123 cm³/mol. The van der Waals surface area contributed by atoms with Gasteiger partial charge in [0, 0.05) is 25.8 Å². The van der Waals surface area contributed by atoms with E-state index in [0.717, 1.165) is 35.8 Å². The van der Waals surface area contributed by atoms with Crippen LogP contribution < -0.4 is 10.2 Å². The van der Waals surface area contributed by atoms with Crippen LogP contribution in [0, 0.1) is 5.92 Å². The number of halogens is 3. The molecule has 1 saturated carbocycles. The summed E-state index contributed by atoms with van der Waals surface area (Å²) in [5.41, 5.74) is -1.32. The Morgan fingerprint density at radius 2 is 1.83 bits per heavy atom. The summed E-state index contributed by atoms with van der Waals surface area (Å²) in [6, 6.07) is 6.69. The van der Waals surface area contributed by atoms with Crippen molar-refractivity contribution in [2.45, 2.75) is 44.7 Å². The van der Waals surface area contributed by atoms with E-state index in [9.17, 15) is 27.6 Å². The highest BCUT2D eigenvalue weighted by Gasteiger charge is 2.39. The standard InChI is InChI=1S/C25H27F3N4O3/c26-25(27,28)20-8-2-1-7-19(20)23(34)32-15-5-14-31(24(32)35)21-12-11-18(16-30-21)22(33)29-13-4-3-6-17-9-10-17/h1-2,7-8,11-12,16-17H,3-6,9-10,13-15H2,(H,29,33). The molecule has 2 aromatic rings. The molecule has 0 atom stereocenters. The number of alkyl halides is 3. The fraction of sp³-hybridized carbons (Fsp3) is 0.440. The van der Waals surface area contributed by atoms with Crippen molar-refractivity contribution in [3.05, 3.63) is 59.3 Å². The largest absolute Gasteiger partial charge is 0.417 e. The molecule has 1 aliphatic carbocycles. The number of amides is 4. The molecule has 1 N–H and O–H groups in total. The Hall–Kier alpha value is -3.43. The summed E-state index contributed by atoms with van der Waals surface area (Å²) in [5, 5.41) is 2.85. The lowest BCUT2D eigenvalue weighted by atomic mass is 10.1. The number of aromatic nitrogens is 1. The number of unbranched alkanes of at least 4 members (excludes halogenated alkanes) is 1. The number of hydrogen-bond donors (Lipinski definition) is 1. The van der Waals surface area contributed by atoms with Crippen molar-refractivity contribution in [3.63, 3.8) is 0 Å². The van der Waals surface area contributed by atoms with Gasteiger partial charge in [0.05, 0.1) is 16.7 Å². The maximum absolute atomic E-state index is 13.4. The average molecular weight is 489 g/mol. The maximum atomic E-state index is 13.4. The number of urea groups is 1. The maximum Gasteiger partial charge on any atom is 0.417 e. The lowest BCUT2D eigenvalue weighted by molar-refractivity contribution is -0.138. The van der Waals surface area contributed by atoms with Crippen molar-refractivity contribution >= 4 is 23.7 Å². The Balaban J connectivity index is 1.39. The van der Waals surface area contributed by atoms with E-state index in [2.05, 4.69) is 10.3 Å². The minimum absolute atomic E-state index is 0.00158. The van der Waals surface area contributed by atoms with Gasteiger partial charge in [-0.2, -0.15) is 13.2 Å². The zero-order valence-electron chi connectivity index (χ0n) is 19.2. The van der Waals surface area contributed by atoms with Crippen LogP contribution >= 0.6 is 0 Å². The number of imide groups is 1. The van der Waals surface area contributed by atoms with E-state index in [1.165, 1.54) is 54.6 Å². The summed E-state index contributed by atoms with van der Waals surface area (Å²) in [7, 11) is 0. The fourth-order valence-corrected chi connectivity index (χ4v) is 4.14. The summed E-state index contributed by atoms with van der Waals surface area (Å²) in [6.07, 6.45) is 2.84. The summed E-state index contributed by atoms with van der Waals surface area (Å²) in [5.74, 6) is -0.186. The van der Waals surface area contributed by atoms with E-state index in [4.69, 9.17) is 0 Å². The van der Waals surface area contributed by atoms with Crippen molar-refractivity contribution in [3.8, 4) is 0 Å². The molecule has 0 spiro atoms. The van der Waals surface area contributed by atoms with Gasteiger partial charge in [-0.25, -0.2) is 9.78 Å². The van der Waals surface area contributed by atoms with Gasteiger partial charge in [0.2, 0.25) is 0 Å². The van der Waals surface area contributed by atoms with E-state index in [-0.39, 0.29) is 24.8 Å². The van der Waals surface area contributed by atoms with Gasteiger partial charge in [0.25, 0.3) is 11.8 Å². The van der Waals surface area contributed by atoms with E-state index in [1.54, 1.807) is 0 Å². The van der Waals surface area contributed by atoms with Crippen molar-refractivity contribution in [1.29, 1.82) is 0 Å². The van der Waals surface area contributed by atoms with Gasteiger partial charge < -0.3 is 5.32 Å². The number of carbonyl (C=O) groups is 3. The lowest BCUT2D eigenvalue weighted by Gasteiger charge is -2.34. The van der Waals surface area contributed by atoms with Gasteiger partial charge in [0.15, 0.2) is 0 Å². The molecule has 0 unspecified atom stereocenters. The molecule has 1 aromatic heterocycles. The van der Waals surface area contributed by atoms with Crippen LogP contribution in [0.15, 0.2) is 42.6 Å². The molecule has 10 heteroatoms. The van der Waals surface area contributed by atoms with Crippen LogP contribution in [-0.4, -0.2) is 47.4 Å². The summed E-state index contributed by atoms with van der Waals surface area (Å²) < 4.78 is 40.1. The Morgan fingerprint density at radius 1 is 1.06 bits per heavy atom. The number of benzene rings is 1. The zero-order chi connectivity index (χ0) is 25.0. The first-order valence-corrected chi connectivity index (χ1v) is 11.8. The topological polar surface area (TPSA) is 82.6 Å². The molecule has 2 heterocycles. The Morgan fingerprint density at radius 3 is 2.51 bits per heavy atom. The summed E-state index contributed by atoms with van der Waals surface area (Å²) in [6.45, 7) is 0.832. The second-order valence-corrected chi connectivity index (χ2v) is 8.89. The summed E-state index contributed by atoms with van der Waals surface area (Å²) in [4.78, 5) is 44.5. The Kier molecular flexibility index (Phi) is 7.37.